The van der Waals surface area contributed by atoms with Gasteiger partial charge in [0.25, 0.3) is 0 Å². The highest BCUT2D eigenvalue weighted by Crippen LogP contribution is 2.47. The lowest BCUT2D eigenvalue weighted by Gasteiger charge is -2.35. The predicted molar refractivity (Wildman–Crippen MR) is 146 cm³/mol. The van der Waals surface area contributed by atoms with Crippen molar-refractivity contribution in [2.75, 3.05) is 24.3 Å². The Labute approximate surface area is 228 Å². The lowest BCUT2D eigenvalue weighted by molar-refractivity contribution is -0.200. The molecule has 2 aliphatic heterocycles. The SMILES string of the molecule is CC(C)OCC(=O)Nc1cccc(-c2ccc([C@@]3(CC(=O)NOC4CCCCO4)CCCCS3(=O)=O)s2)c1. The zero-order valence-electron chi connectivity index (χ0n) is 21.9. The topological polar surface area (TPSA) is 120 Å². The van der Waals surface area contributed by atoms with Crippen molar-refractivity contribution in [2.45, 2.75) is 75.9 Å². The minimum atomic E-state index is -3.59. The molecular weight excluding hydrogens is 528 g/mol. The molecule has 1 aromatic carbocycles. The molecule has 2 fully saturated rings. The second kappa shape index (κ2) is 12.7. The summed E-state index contributed by atoms with van der Waals surface area (Å²) in [6, 6.07) is 11.1. The van der Waals surface area contributed by atoms with Gasteiger partial charge in [-0.05, 0) is 69.4 Å². The zero-order valence-corrected chi connectivity index (χ0v) is 23.5. The first-order valence-corrected chi connectivity index (χ1v) is 15.6. The molecule has 0 aliphatic carbocycles. The molecular formula is C27H36N2O7S2. The van der Waals surface area contributed by atoms with Crippen LogP contribution in [0.5, 0.6) is 0 Å². The van der Waals surface area contributed by atoms with Crippen molar-refractivity contribution < 1.29 is 32.3 Å². The van der Waals surface area contributed by atoms with Crippen molar-refractivity contribution in [2.24, 2.45) is 0 Å². The Bertz CT molecular complexity index is 1220. The quantitative estimate of drug-likeness (QED) is 0.407. The van der Waals surface area contributed by atoms with E-state index in [0.29, 0.717) is 42.9 Å². The Morgan fingerprint density at radius 2 is 1.97 bits per heavy atom. The molecule has 11 heteroatoms. The van der Waals surface area contributed by atoms with Crippen molar-refractivity contribution >= 4 is 38.7 Å². The van der Waals surface area contributed by atoms with E-state index in [-0.39, 0.29) is 30.8 Å². The predicted octanol–water partition coefficient (Wildman–Crippen LogP) is 4.54. The molecule has 1 unspecified atom stereocenters. The van der Waals surface area contributed by atoms with Crippen LogP contribution < -0.4 is 10.8 Å². The Kier molecular flexibility index (Phi) is 9.59. The van der Waals surface area contributed by atoms with Gasteiger partial charge in [0, 0.05) is 28.5 Å². The first-order valence-electron chi connectivity index (χ1n) is 13.1. The van der Waals surface area contributed by atoms with E-state index < -0.39 is 26.8 Å². The summed E-state index contributed by atoms with van der Waals surface area (Å²) in [4.78, 5) is 32.0. The van der Waals surface area contributed by atoms with E-state index in [1.54, 1.807) is 6.07 Å². The van der Waals surface area contributed by atoms with E-state index in [9.17, 15) is 18.0 Å². The Balaban J connectivity index is 1.52. The fraction of sp³-hybridized carbons (Fsp3) is 0.556. The monoisotopic (exact) mass is 564 g/mol. The average molecular weight is 565 g/mol. The minimum Gasteiger partial charge on any atom is -0.369 e. The van der Waals surface area contributed by atoms with Crippen LogP contribution in [0.1, 0.15) is 63.7 Å². The van der Waals surface area contributed by atoms with Crippen LogP contribution >= 0.6 is 11.3 Å². The summed E-state index contributed by atoms with van der Waals surface area (Å²) in [5.41, 5.74) is 3.90. The molecule has 2 N–H and O–H groups in total. The normalized spacial score (nSPS) is 23.2. The number of carbonyl (C=O) groups excluding carboxylic acids is 2. The van der Waals surface area contributed by atoms with Gasteiger partial charge in [-0.15, -0.1) is 11.3 Å². The van der Waals surface area contributed by atoms with E-state index in [4.69, 9.17) is 14.3 Å². The Morgan fingerprint density at radius 3 is 2.71 bits per heavy atom. The molecule has 2 atom stereocenters. The molecule has 2 saturated heterocycles. The van der Waals surface area contributed by atoms with Crippen LogP contribution in [0.3, 0.4) is 0 Å². The smallest absolute Gasteiger partial charge is 0.250 e. The molecule has 0 spiro atoms. The number of ether oxygens (including phenoxy) is 2. The molecule has 1 aromatic heterocycles. The van der Waals surface area contributed by atoms with Crippen LogP contribution in [0, 0.1) is 0 Å². The Morgan fingerprint density at radius 1 is 1.13 bits per heavy atom. The van der Waals surface area contributed by atoms with Crippen LogP contribution in [-0.4, -0.2) is 51.6 Å². The molecule has 2 aliphatic rings. The van der Waals surface area contributed by atoms with Gasteiger partial charge in [-0.2, -0.15) is 0 Å². The number of carbonyl (C=O) groups is 2. The van der Waals surface area contributed by atoms with Crippen LogP contribution in [-0.2, 0) is 38.5 Å². The maximum atomic E-state index is 13.5. The van der Waals surface area contributed by atoms with Gasteiger partial charge >= 0.3 is 0 Å². The largest absolute Gasteiger partial charge is 0.369 e. The molecule has 0 radical (unpaired) electrons. The maximum Gasteiger partial charge on any atom is 0.250 e. The van der Waals surface area contributed by atoms with Gasteiger partial charge < -0.3 is 14.8 Å². The molecule has 0 bridgehead atoms. The third-order valence-corrected chi connectivity index (χ3v) is 10.8. The molecule has 9 nitrogen and oxygen atoms in total. The van der Waals surface area contributed by atoms with Crippen LogP contribution in [0.25, 0.3) is 10.4 Å². The third kappa shape index (κ3) is 7.01. The summed E-state index contributed by atoms with van der Waals surface area (Å²) in [5.74, 6) is -0.685. The van der Waals surface area contributed by atoms with E-state index in [1.165, 1.54) is 11.3 Å². The first-order chi connectivity index (χ1) is 18.2. The second-order valence-corrected chi connectivity index (χ2v) is 13.5. The minimum absolute atomic E-state index is 0.0376. The summed E-state index contributed by atoms with van der Waals surface area (Å²) < 4.78 is 36.5. The van der Waals surface area contributed by atoms with Gasteiger partial charge in [-0.3, -0.25) is 9.59 Å². The highest BCUT2D eigenvalue weighted by molar-refractivity contribution is 7.92. The molecule has 38 heavy (non-hydrogen) atoms. The summed E-state index contributed by atoms with van der Waals surface area (Å²) in [7, 11) is -3.59. The lowest BCUT2D eigenvalue weighted by atomic mass is 9.94. The number of hydrogen-bond acceptors (Lipinski definition) is 8. The number of anilines is 1. The number of sulfone groups is 1. The number of thiophene rings is 1. The summed E-state index contributed by atoms with van der Waals surface area (Å²) in [5, 5.41) is 2.83. The fourth-order valence-corrected chi connectivity index (χ4v) is 8.55. The highest BCUT2D eigenvalue weighted by Gasteiger charge is 2.49. The fourth-order valence-electron chi connectivity index (χ4n) is 4.77. The zero-order chi connectivity index (χ0) is 27.2. The molecule has 2 aromatic rings. The van der Waals surface area contributed by atoms with Crippen molar-refractivity contribution in [3.05, 3.63) is 41.3 Å². The number of benzene rings is 1. The summed E-state index contributed by atoms with van der Waals surface area (Å²) >= 11 is 1.36. The van der Waals surface area contributed by atoms with Crippen LogP contribution in [0.2, 0.25) is 0 Å². The van der Waals surface area contributed by atoms with Crippen molar-refractivity contribution in [1.29, 1.82) is 0 Å². The van der Waals surface area contributed by atoms with Crippen molar-refractivity contribution in [1.82, 2.24) is 5.48 Å². The van der Waals surface area contributed by atoms with E-state index >= 15 is 0 Å². The summed E-state index contributed by atoms with van der Waals surface area (Å²) in [6.45, 7) is 4.27. The van der Waals surface area contributed by atoms with E-state index in [1.807, 2.05) is 44.2 Å². The maximum absolute atomic E-state index is 13.5. The van der Waals surface area contributed by atoms with E-state index in [0.717, 1.165) is 23.3 Å². The van der Waals surface area contributed by atoms with Gasteiger partial charge in [0.15, 0.2) is 16.1 Å². The third-order valence-electron chi connectivity index (χ3n) is 6.76. The number of amides is 2. The molecule has 0 saturated carbocycles. The van der Waals surface area contributed by atoms with Gasteiger partial charge in [0.2, 0.25) is 11.8 Å². The highest BCUT2D eigenvalue weighted by atomic mass is 32.2. The van der Waals surface area contributed by atoms with E-state index in [2.05, 4.69) is 10.8 Å². The van der Waals surface area contributed by atoms with Crippen molar-refractivity contribution in [3.8, 4) is 10.4 Å². The standard InChI is InChI=1S/C27H36N2O7S2/c1-19(2)35-18-25(31)28-21-9-7-8-20(16-21)22-11-12-23(37-22)27(13-4-6-15-38(27,32)33)17-24(30)29-36-26-10-3-5-14-34-26/h7-9,11-12,16,19,26H,3-6,10,13-15,17-18H2,1-2H3,(H,28,31)(H,29,30)/t26?,27-/m0/s1. The van der Waals surface area contributed by atoms with Crippen molar-refractivity contribution in [3.63, 3.8) is 0 Å². The average Bonchev–Trinajstić information content (AvgIpc) is 3.39. The molecule has 2 amide bonds. The first kappa shape index (κ1) is 28.7. The lowest BCUT2D eigenvalue weighted by Crippen LogP contribution is -2.45. The number of nitrogens with one attached hydrogen (secondary N) is 2. The van der Waals surface area contributed by atoms with Gasteiger partial charge in [0.1, 0.15) is 11.4 Å². The summed E-state index contributed by atoms with van der Waals surface area (Å²) in [6.07, 6.45) is 3.49. The van der Waals surface area contributed by atoms with Gasteiger partial charge in [-0.1, -0.05) is 18.6 Å². The number of rotatable bonds is 10. The molecule has 208 valence electrons. The molecule has 4 rings (SSSR count). The van der Waals surface area contributed by atoms with Crippen LogP contribution in [0.15, 0.2) is 36.4 Å². The Hall–Kier alpha value is -2.31. The number of hydrogen-bond donors (Lipinski definition) is 2. The second-order valence-electron chi connectivity index (χ2n) is 10.0. The molecule has 3 heterocycles. The van der Waals surface area contributed by atoms with Gasteiger partial charge in [0.05, 0.1) is 18.3 Å². The van der Waals surface area contributed by atoms with Crippen LogP contribution in [0.4, 0.5) is 5.69 Å². The number of hydroxylamine groups is 1. The van der Waals surface area contributed by atoms with Gasteiger partial charge in [-0.25, -0.2) is 18.7 Å².